The quantitative estimate of drug-likeness (QED) is 0.678. The van der Waals surface area contributed by atoms with Gasteiger partial charge >= 0.3 is 0 Å². The first kappa shape index (κ1) is 11.9. The Balaban J connectivity index is 1.88. The Hall–Kier alpha value is -2.13. The molecule has 3 rings (SSSR count). The first-order valence-electron chi connectivity index (χ1n) is 5.90. The number of rotatable bonds is 3. The van der Waals surface area contributed by atoms with Gasteiger partial charge in [0.25, 0.3) is 0 Å². The predicted octanol–water partition coefficient (Wildman–Crippen LogP) is 3.86. The second kappa shape index (κ2) is 5.24. The lowest BCUT2D eigenvalue weighted by molar-refractivity contribution is 0.309. The Labute approximate surface area is 115 Å². The molecular formula is C15H11ClN2O. The summed E-state index contributed by atoms with van der Waals surface area (Å²) in [5, 5.41) is 1.52. The molecule has 3 nitrogen and oxygen atoms in total. The number of hydrogen-bond donors (Lipinski definition) is 0. The molecule has 4 heteroatoms. The number of nitrogens with zero attached hydrogens (tertiary/aromatic N) is 2. The van der Waals surface area contributed by atoms with Gasteiger partial charge < -0.3 is 4.74 Å². The zero-order valence-electron chi connectivity index (χ0n) is 10.1. The summed E-state index contributed by atoms with van der Waals surface area (Å²) in [7, 11) is 0. The number of pyridine rings is 2. The minimum Gasteiger partial charge on any atom is -0.487 e. The second-order valence-corrected chi connectivity index (χ2v) is 4.43. The molecule has 0 spiro atoms. The van der Waals surface area contributed by atoms with Crippen molar-refractivity contribution >= 4 is 22.5 Å². The van der Waals surface area contributed by atoms with E-state index in [1.54, 1.807) is 12.4 Å². The van der Waals surface area contributed by atoms with Gasteiger partial charge in [0.05, 0.1) is 0 Å². The molecule has 0 unspecified atom stereocenters. The van der Waals surface area contributed by atoms with Crippen LogP contribution in [0.15, 0.2) is 54.9 Å². The highest BCUT2D eigenvalue weighted by atomic mass is 35.5. The highest BCUT2D eigenvalue weighted by molar-refractivity contribution is 6.30. The maximum Gasteiger partial charge on any atom is 0.146 e. The molecule has 0 amide bonds. The summed E-state index contributed by atoms with van der Waals surface area (Å²) < 4.78 is 5.80. The molecule has 1 aromatic carbocycles. The molecule has 3 aromatic rings. The molecule has 0 bridgehead atoms. The van der Waals surface area contributed by atoms with Crippen molar-refractivity contribution in [3.8, 4) is 5.75 Å². The molecule has 0 radical (unpaired) electrons. The minimum atomic E-state index is 0.377. The van der Waals surface area contributed by atoms with Crippen molar-refractivity contribution in [2.24, 2.45) is 0 Å². The largest absolute Gasteiger partial charge is 0.487 e. The molecular weight excluding hydrogens is 260 g/mol. The van der Waals surface area contributed by atoms with Crippen LogP contribution in [-0.4, -0.2) is 9.97 Å². The van der Waals surface area contributed by atoms with Crippen LogP contribution in [0, 0.1) is 0 Å². The molecule has 0 atom stereocenters. The summed E-state index contributed by atoms with van der Waals surface area (Å²) in [5.41, 5.74) is 1.71. The number of benzene rings is 1. The van der Waals surface area contributed by atoms with Crippen molar-refractivity contribution in [3.63, 3.8) is 0 Å². The van der Waals surface area contributed by atoms with Gasteiger partial charge in [0.2, 0.25) is 0 Å². The lowest BCUT2D eigenvalue weighted by atomic mass is 10.2. The summed E-state index contributed by atoms with van der Waals surface area (Å²) in [6, 6.07) is 13.5. The Morgan fingerprint density at radius 2 is 1.74 bits per heavy atom. The average Bonchev–Trinajstić information content (AvgIpc) is 2.46. The second-order valence-electron chi connectivity index (χ2n) is 4.07. The average molecular weight is 271 g/mol. The van der Waals surface area contributed by atoms with E-state index in [4.69, 9.17) is 16.3 Å². The lowest BCUT2D eigenvalue weighted by Gasteiger charge is -2.09. The fourth-order valence-electron chi connectivity index (χ4n) is 1.88. The van der Waals surface area contributed by atoms with Crippen molar-refractivity contribution in [1.29, 1.82) is 0 Å². The maximum absolute atomic E-state index is 6.00. The molecule has 0 saturated heterocycles. The van der Waals surface area contributed by atoms with Crippen LogP contribution in [0.3, 0.4) is 0 Å². The van der Waals surface area contributed by atoms with Crippen molar-refractivity contribution < 1.29 is 4.74 Å². The Morgan fingerprint density at radius 3 is 2.63 bits per heavy atom. The maximum atomic E-state index is 6.00. The fourth-order valence-corrected chi connectivity index (χ4v) is 2.05. The van der Waals surface area contributed by atoms with Crippen LogP contribution in [0.1, 0.15) is 5.56 Å². The number of para-hydroxylation sites is 1. The molecule has 2 heterocycles. The van der Waals surface area contributed by atoms with Crippen LogP contribution in [0.2, 0.25) is 5.15 Å². The summed E-state index contributed by atoms with van der Waals surface area (Å²) >= 11 is 6.00. The summed E-state index contributed by atoms with van der Waals surface area (Å²) in [4.78, 5) is 8.37. The van der Waals surface area contributed by atoms with Gasteiger partial charge in [-0.1, -0.05) is 35.9 Å². The van der Waals surface area contributed by atoms with E-state index in [0.717, 1.165) is 22.2 Å². The van der Waals surface area contributed by atoms with Gasteiger partial charge in [0.1, 0.15) is 23.0 Å². The van der Waals surface area contributed by atoms with E-state index in [1.807, 2.05) is 42.5 Å². The molecule has 94 valence electrons. The summed E-state index contributed by atoms with van der Waals surface area (Å²) in [6.07, 6.45) is 3.41. The van der Waals surface area contributed by atoms with E-state index in [-0.39, 0.29) is 0 Å². The van der Waals surface area contributed by atoms with Crippen LogP contribution in [0.4, 0.5) is 0 Å². The molecule has 0 aliphatic carbocycles. The van der Waals surface area contributed by atoms with Crippen LogP contribution >= 0.6 is 11.6 Å². The third-order valence-electron chi connectivity index (χ3n) is 2.82. The van der Waals surface area contributed by atoms with Gasteiger partial charge in [-0.25, -0.2) is 4.98 Å². The standard InChI is InChI=1S/C15H11ClN2O/c16-15-12(6-3-9-18-15)10-19-13-7-1-4-11-5-2-8-17-14(11)13/h1-9H,10H2. The van der Waals surface area contributed by atoms with E-state index in [2.05, 4.69) is 9.97 Å². The van der Waals surface area contributed by atoms with Crippen molar-refractivity contribution in [2.45, 2.75) is 6.61 Å². The zero-order chi connectivity index (χ0) is 13.1. The van der Waals surface area contributed by atoms with E-state index in [1.165, 1.54) is 0 Å². The molecule has 2 aromatic heterocycles. The van der Waals surface area contributed by atoms with Crippen LogP contribution in [-0.2, 0) is 6.61 Å². The van der Waals surface area contributed by atoms with Gasteiger partial charge in [-0.05, 0) is 18.2 Å². The third-order valence-corrected chi connectivity index (χ3v) is 3.16. The molecule has 0 N–H and O–H groups in total. The smallest absolute Gasteiger partial charge is 0.146 e. The Morgan fingerprint density at radius 1 is 0.947 bits per heavy atom. The zero-order valence-corrected chi connectivity index (χ0v) is 10.8. The van der Waals surface area contributed by atoms with Crippen molar-refractivity contribution in [1.82, 2.24) is 9.97 Å². The molecule has 19 heavy (non-hydrogen) atoms. The van der Waals surface area contributed by atoms with Crippen LogP contribution < -0.4 is 4.74 Å². The first-order valence-corrected chi connectivity index (χ1v) is 6.28. The van der Waals surface area contributed by atoms with E-state index in [9.17, 15) is 0 Å². The number of halogens is 1. The Bertz CT molecular complexity index is 710. The molecule has 0 fully saturated rings. The number of hydrogen-bond acceptors (Lipinski definition) is 3. The summed E-state index contributed by atoms with van der Waals surface area (Å²) in [5.74, 6) is 0.748. The normalized spacial score (nSPS) is 10.6. The van der Waals surface area contributed by atoms with E-state index >= 15 is 0 Å². The topological polar surface area (TPSA) is 35.0 Å². The molecule has 0 aliphatic rings. The van der Waals surface area contributed by atoms with Gasteiger partial charge in [0, 0.05) is 23.3 Å². The van der Waals surface area contributed by atoms with Gasteiger partial charge in [0.15, 0.2) is 0 Å². The highest BCUT2D eigenvalue weighted by Gasteiger charge is 2.05. The van der Waals surface area contributed by atoms with Gasteiger partial charge in [-0.3, -0.25) is 4.98 Å². The lowest BCUT2D eigenvalue weighted by Crippen LogP contribution is -1.98. The SMILES string of the molecule is Clc1ncccc1COc1cccc2cccnc12. The summed E-state index contributed by atoms with van der Waals surface area (Å²) in [6.45, 7) is 0.377. The Kier molecular flexibility index (Phi) is 3.29. The predicted molar refractivity (Wildman–Crippen MR) is 75.3 cm³/mol. The molecule has 0 aliphatic heterocycles. The third kappa shape index (κ3) is 2.51. The number of fused-ring (bicyclic) bond motifs is 1. The molecule has 0 saturated carbocycles. The first-order chi connectivity index (χ1) is 9.34. The van der Waals surface area contributed by atoms with Crippen molar-refractivity contribution in [3.05, 3.63) is 65.6 Å². The van der Waals surface area contributed by atoms with Crippen molar-refractivity contribution in [2.75, 3.05) is 0 Å². The van der Waals surface area contributed by atoms with Crippen LogP contribution in [0.25, 0.3) is 10.9 Å². The van der Waals surface area contributed by atoms with E-state index in [0.29, 0.717) is 11.8 Å². The number of ether oxygens (including phenoxy) is 1. The minimum absolute atomic E-state index is 0.377. The fraction of sp³-hybridized carbons (Fsp3) is 0.0667. The van der Waals surface area contributed by atoms with E-state index < -0.39 is 0 Å². The van der Waals surface area contributed by atoms with Gasteiger partial charge in [-0.15, -0.1) is 0 Å². The van der Waals surface area contributed by atoms with Gasteiger partial charge in [-0.2, -0.15) is 0 Å². The highest BCUT2D eigenvalue weighted by Crippen LogP contribution is 2.24. The van der Waals surface area contributed by atoms with Crippen LogP contribution in [0.5, 0.6) is 5.75 Å². The number of aromatic nitrogens is 2. The monoisotopic (exact) mass is 270 g/mol.